The summed E-state index contributed by atoms with van der Waals surface area (Å²) in [6.07, 6.45) is 8.58. The number of benzene rings is 2. The molecule has 1 saturated heterocycles. The minimum atomic E-state index is -0.137. The van der Waals surface area contributed by atoms with Gasteiger partial charge in [0.15, 0.2) is 12.3 Å². The fourth-order valence-corrected chi connectivity index (χ4v) is 6.14. The molecule has 2 aromatic carbocycles. The lowest BCUT2D eigenvalue weighted by atomic mass is 9.86. The lowest BCUT2D eigenvalue weighted by Gasteiger charge is -2.39. The molecule has 0 bridgehead atoms. The van der Waals surface area contributed by atoms with Crippen LogP contribution in [-0.4, -0.2) is 46.2 Å². The Bertz CT molecular complexity index is 1300. The maximum absolute atomic E-state index is 13.7. The van der Waals surface area contributed by atoms with Gasteiger partial charge in [-0.15, -0.1) is 0 Å². The normalized spacial score (nSPS) is 19.6. The highest BCUT2D eigenvalue weighted by molar-refractivity contribution is 5.92. The molecule has 1 aromatic heterocycles. The summed E-state index contributed by atoms with van der Waals surface area (Å²) in [5.41, 5.74) is 5.01. The first-order valence-electron chi connectivity index (χ1n) is 13.9. The van der Waals surface area contributed by atoms with Gasteiger partial charge in [0.1, 0.15) is 12.0 Å². The number of carbonyl (C=O) groups is 2. The van der Waals surface area contributed by atoms with Crippen molar-refractivity contribution in [1.82, 2.24) is 14.8 Å². The Balaban J connectivity index is 1.23. The first-order valence-corrected chi connectivity index (χ1v) is 13.9. The Labute approximate surface area is 223 Å². The molecule has 3 heterocycles. The number of rotatable bonds is 6. The number of likely N-dealkylation sites (tertiary alicyclic amines) is 1. The van der Waals surface area contributed by atoms with E-state index >= 15 is 0 Å². The lowest BCUT2D eigenvalue weighted by Crippen LogP contribution is -2.43. The topological polar surface area (TPSA) is 75.9 Å². The smallest absolute Gasteiger partial charge is 0.275 e. The van der Waals surface area contributed by atoms with E-state index in [1.165, 1.54) is 17.4 Å². The molecule has 0 unspecified atom stereocenters. The summed E-state index contributed by atoms with van der Waals surface area (Å²) < 4.78 is 11.6. The zero-order chi connectivity index (χ0) is 26.1. The third kappa shape index (κ3) is 4.94. The van der Waals surface area contributed by atoms with E-state index in [9.17, 15) is 9.59 Å². The Kier molecular flexibility index (Phi) is 6.92. The molecule has 7 heteroatoms. The molecule has 3 aliphatic rings. The number of aromatic nitrogens is 1. The third-order valence-corrected chi connectivity index (χ3v) is 8.25. The average Bonchev–Trinajstić information content (AvgIpc) is 3.74. The van der Waals surface area contributed by atoms with Gasteiger partial charge in [0.25, 0.3) is 5.91 Å². The Hall–Kier alpha value is -3.61. The highest BCUT2D eigenvalue weighted by Crippen LogP contribution is 2.40. The third-order valence-electron chi connectivity index (χ3n) is 8.25. The monoisotopic (exact) mass is 513 g/mol. The van der Waals surface area contributed by atoms with Gasteiger partial charge in [0.05, 0.1) is 6.04 Å². The van der Waals surface area contributed by atoms with E-state index in [-0.39, 0.29) is 30.4 Å². The molecule has 1 saturated carbocycles. The highest BCUT2D eigenvalue weighted by Gasteiger charge is 2.36. The molecule has 1 aliphatic carbocycles. The SMILES string of the molecule is Cc1ccc([C@H]2c3cc(OCc4nc(C(=O)N5CCCC5)co4)ccc3CCN2C(=O)C2CCCC2)cc1. The molecule has 38 heavy (non-hydrogen) atoms. The van der Waals surface area contributed by atoms with Crippen molar-refractivity contribution in [2.24, 2.45) is 5.92 Å². The Morgan fingerprint density at radius 3 is 2.53 bits per heavy atom. The number of fused-ring (bicyclic) bond motifs is 1. The van der Waals surface area contributed by atoms with E-state index < -0.39 is 0 Å². The van der Waals surface area contributed by atoms with Crippen LogP contribution < -0.4 is 4.74 Å². The average molecular weight is 514 g/mol. The second kappa shape index (κ2) is 10.6. The van der Waals surface area contributed by atoms with Crippen LogP contribution in [0.3, 0.4) is 0 Å². The van der Waals surface area contributed by atoms with Gasteiger partial charge in [0.2, 0.25) is 11.8 Å². The van der Waals surface area contributed by atoms with Crippen LogP contribution in [-0.2, 0) is 17.8 Å². The number of hydrogen-bond donors (Lipinski definition) is 0. The zero-order valence-electron chi connectivity index (χ0n) is 22.0. The molecule has 198 valence electrons. The second-order valence-corrected chi connectivity index (χ2v) is 10.9. The predicted octanol–water partition coefficient (Wildman–Crippen LogP) is 5.46. The fourth-order valence-electron chi connectivity index (χ4n) is 6.14. The first kappa shape index (κ1) is 24.7. The van der Waals surface area contributed by atoms with Crippen molar-refractivity contribution in [3.8, 4) is 5.75 Å². The molecular formula is C31H35N3O4. The largest absolute Gasteiger partial charge is 0.484 e. The van der Waals surface area contributed by atoms with Gasteiger partial charge in [0, 0.05) is 25.6 Å². The number of oxazole rings is 1. The second-order valence-electron chi connectivity index (χ2n) is 10.9. The van der Waals surface area contributed by atoms with Crippen molar-refractivity contribution in [3.63, 3.8) is 0 Å². The molecule has 3 aromatic rings. The minimum absolute atomic E-state index is 0.0840. The maximum Gasteiger partial charge on any atom is 0.275 e. The summed E-state index contributed by atoms with van der Waals surface area (Å²) in [6.45, 7) is 4.49. The van der Waals surface area contributed by atoms with Gasteiger partial charge in [-0.05, 0) is 67.9 Å². The maximum atomic E-state index is 13.7. The predicted molar refractivity (Wildman–Crippen MR) is 143 cm³/mol. The Morgan fingerprint density at radius 2 is 1.76 bits per heavy atom. The molecule has 0 spiro atoms. The summed E-state index contributed by atoms with van der Waals surface area (Å²) in [4.78, 5) is 34.5. The van der Waals surface area contributed by atoms with Crippen LogP contribution in [0.1, 0.15) is 83.2 Å². The van der Waals surface area contributed by atoms with Gasteiger partial charge < -0.3 is 19.0 Å². The summed E-state index contributed by atoms with van der Waals surface area (Å²) in [7, 11) is 0. The lowest BCUT2D eigenvalue weighted by molar-refractivity contribution is -0.137. The van der Waals surface area contributed by atoms with Crippen molar-refractivity contribution in [2.75, 3.05) is 19.6 Å². The molecule has 0 radical (unpaired) electrons. The number of ether oxygens (including phenoxy) is 1. The molecule has 0 N–H and O–H groups in total. The molecule has 2 amide bonds. The van der Waals surface area contributed by atoms with Gasteiger partial charge in [-0.3, -0.25) is 9.59 Å². The minimum Gasteiger partial charge on any atom is -0.484 e. The molecule has 2 aliphatic heterocycles. The summed E-state index contributed by atoms with van der Waals surface area (Å²) in [5.74, 6) is 1.39. The molecular weight excluding hydrogens is 478 g/mol. The summed E-state index contributed by atoms with van der Waals surface area (Å²) >= 11 is 0. The standard InChI is InChI=1S/C31H35N3O4/c1-21-8-10-23(11-9-21)29-26-18-25(13-12-22(26)14-17-34(29)30(35)24-6-2-3-7-24)37-20-28-32-27(19-38-28)31(36)33-15-4-5-16-33/h8-13,18-19,24,29H,2-7,14-17,20H2,1H3/t29-/m0/s1. The summed E-state index contributed by atoms with van der Waals surface area (Å²) in [5, 5.41) is 0. The van der Waals surface area contributed by atoms with Crippen LogP contribution in [0.2, 0.25) is 0 Å². The van der Waals surface area contributed by atoms with Gasteiger partial charge in [-0.1, -0.05) is 48.7 Å². The molecule has 1 atom stereocenters. The van der Waals surface area contributed by atoms with E-state index in [2.05, 4.69) is 53.2 Å². The number of amides is 2. The molecule has 2 fully saturated rings. The van der Waals surface area contributed by atoms with Gasteiger partial charge >= 0.3 is 0 Å². The van der Waals surface area contributed by atoms with Gasteiger partial charge in [-0.2, -0.15) is 0 Å². The summed E-state index contributed by atoms with van der Waals surface area (Å²) in [6, 6.07) is 14.5. The van der Waals surface area contributed by atoms with E-state index in [0.29, 0.717) is 17.3 Å². The van der Waals surface area contributed by atoms with Crippen molar-refractivity contribution in [3.05, 3.63) is 82.6 Å². The number of carbonyl (C=O) groups excluding carboxylic acids is 2. The van der Waals surface area contributed by atoms with Crippen LogP contribution in [0, 0.1) is 12.8 Å². The van der Waals surface area contributed by atoms with E-state index in [1.54, 1.807) is 0 Å². The number of nitrogens with zero attached hydrogens (tertiary/aromatic N) is 3. The van der Waals surface area contributed by atoms with Crippen LogP contribution in [0.5, 0.6) is 5.75 Å². The van der Waals surface area contributed by atoms with Crippen molar-refractivity contribution in [2.45, 2.75) is 64.5 Å². The number of hydrogen-bond acceptors (Lipinski definition) is 5. The van der Waals surface area contributed by atoms with E-state index in [4.69, 9.17) is 9.15 Å². The van der Waals surface area contributed by atoms with Crippen molar-refractivity contribution >= 4 is 11.8 Å². The first-order chi connectivity index (χ1) is 18.6. The van der Waals surface area contributed by atoms with Crippen LogP contribution in [0.15, 0.2) is 53.1 Å². The van der Waals surface area contributed by atoms with Crippen molar-refractivity contribution in [1.29, 1.82) is 0 Å². The van der Waals surface area contributed by atoms with Gasteiger partial charge in [-0.25, -0.2) is 4.98 Å². The van der Waals surface area contributed by atoms with Crippen LogP contribution >= 0.6 is 0 Å². The quantitative estimate of drug-likeness (QED) is 0.437. The van der Waals surface area contributed by atoms with E-state index in [0.717, 1.165) is 75.7 Å². The Morgan fingerprint density at radius 1 is 1.00 bits per heavy atom. The highest BCUT2D eigenvalue weighted by atomic mass is 16.5. The molecule has 6 rings (SSSR count). The van der Waals surface area contributed by atoms with Crippen LogP contribution in [0.25, 0.3) is 0 Å². The van der Waals surface area contributed by atoms with Crippen LogP contribution in [0.4, 0.5) is 0 Å². The zero-order valence-corrected chi connectivity index (χ0v) is 22.0. The van der Waals surface area contributed by atoms with Crippen molar-refractivity contribution < 1.29 is 18.7 Å². The van der Waals surface area contributed by atoms with E-state index in [1.807, 2.05) is 11.0 Å². The number of aryl methyl sites for hydroxylation is 1. The fraction of sp³-hybridized carbons (Fsp3) is 0.452. The molecule has 7 nitrogen and oxygen atoms in total.